The number of carboxylic acid groups (broad SMARTS) is 1. The predicted molar refractivity (Wildman–Crippen MR) is 81.2 cm³/mol. The summed E-state index contributed by atoms with van der Waals surface area (Å²) in [4.78, 5) is 10.9. The number of methoxy groups -OCH3 is 1. The summed E-state index contributed by atoms with van der Waals surface area (Å²) in [5.41, 5.74) is 8.74. The van der Waals surface area contributed by atoms with Gasteiger partial charge in [-0.15, -0.1) is 0 Å². The number of hydrogen-bond donors (Lipinski definition) is 2. The monoisotopic (exact) mass is 282 g/mol. The summed E-state index contributed by atoms with van der Waals surface area (Å²) < 4.78 is 7.13. The van der Waals surface area contributed by atoms with Crippen LogP contribution in [0.5, 0.6) is 5.75 Å². The molecule has 5 heteroatoms. The van der Waals surface area contributed by atoms with Gasteiger partial charge in [0.25, 0.3) is 0 Å². The van der Waals surface area contributed by atoms with Gasteiger partial charge in [0, 0.05) is 17.3 Å². The lowest BCUT2D eigenvalue weighted by Crippen LogP contribution is -1.97. The maximum atomic E-state index is 10.9. The van der Waals surface area contributed by atoms with Gasteiger partial charge in [0.15, 0.2) is 0 Å². The molecule has 3 rings (SSSR count). The quantitative estimate of drug-likeness (QED) is 0.774. The first-order chi connectivity index (χ1) is 10.1. The number of aromatic carboxylic acids is 1. The van der Waals surface area contributed by atoms with E-state index >= 15 is 0 Å². The molecule has 0 radical (unpaired) electrons. The fourth-order valence-electron chi connectivity index (χ4n) is 2.34. The lowest BCUT2D eigenvalue weighted by Gasteiger charge is -2.06. The van der Waals surface area contributed by atoms with E-state index in [0.29, 0.717) is 5.69 Å². The molecule has 2 aromatic carbocycles. The van der Waals surface area contributed by atoms with Gasteiger partial charge in [-0.1, -0.05) is 0 Å². The third kappa shape index (κ3) is 2.18. The van der Waals surface area contributed by atoms with E-state index in [4.69, 9.17) is 15.6 Å². The van der Waals surface area contributed by atoms with Crippen molar-refractivity contribution in [2.75, 3.05) is 12.8 Å². The van der Waals surface area contributed by atoms with Crippen molar-refractivity contribution in [3.8, 4) is 11.4 Å². The third-order valence-electron chi connectivity index (χ3n) is 3.43. The van der Waals surface area contributed by atoms with Gasteiger partial charge < -0.3 is 20.1 Å². The number of hydrogen-bond acceptors (Lipinski definition) is 3. The lowest BCUT2D eigenvalue weighted by atomic mass is 10.2. The van der Waals surface area contributed by atoms with Crippen LogP contribution in [0, 0.1) is 0 Å². The Morgan fingerprint density at radius 2 is 1.90 bits per heavy atom. The maximum absolute atomic E-state index is 10.9. The van der Waals surface area contributed by atoms with Crippen LogP contribution in [0.15, 0.2) is 48.7 Å². The van der Waals surface area contributed by atoms with Crippen LogP contribution in [0.3, 0.4) is 0 Å². The van der Waals surface area contributed by atoms with Crippen molar-refractivity contribution < 1.29 is 14.6 Å². The Morgan fingerprint density at radius 1 is 1.19 bits per heavy atom. The summed E-state index contributed by atoms with van der Waals surface area (Å²) in [6.07, 6.45) is 1.82. The lowest BCUT2D eigenvalue weighted by molar-refractivity contribution is 0.0697. The average molecular weight is 282 g/mol. The van der Waals surface area contributed by atoms with Gasteiger partial charge in [-0.2, -0.15) is 0 Å². The number of nitrogens with zero attached hydrogens (tertiary/aromatic N) is 1. The number of ether oxygens (including phenoxy) is 1. The highest BCUT2D eigenvalue weighted by molar-refractivity contribution is 5.94. The zero-order chi connectivity index (χ0) is 15.0. The fraction of sp³-hybridized carbons (Fsp3) is 0.0625. The topological polar surface area (TPSA) is 77.5 Å². The van der Waals surface area contributed by atoms with Crippen LogP contribution in [-0.4, -0.2) is 22.8 Å². The molecule has 106 valence electrons. The molecule has 0 bridgehead atoms. The van der Waals surface area contributed by atoms with Crippen molar-refractivity contribution in [3.05, 3.63) is 54.2 Å². The second-order valence-corrected chi connectivity index (χ2v) is 4.69. The first kappa shape index (κ1) is 13.1. The average Bonchev–Trinajstić information content (AvgIpc) is 2.84. The summed E-state index contributed by atoms with van der Waals surface area (Å²) in [6, 6.07) is 12.3. The number of fused-ring (bicyclic) bond motifs is 1. The van der Waals surface area contributed by atoms with E-state index in [-0.39, 0.29) is 5.56 Å². The molecule has 0 aliphatic carbocycles. The van der Waals surface area contributed by atoms with Gasteiger partial charge in [-0.3, -0.25) is 0 Å². The Morgan fingerprint density at radius 3 is 2.52 bits per heavy atom. The Bertz CT molecular complexity index is 819. The Balaban J connectivity index is 2.14. The van der Waals surface area contributed by atoms with Crippen LogP contribution in [0.1, 0.15) is 10.4 Å². The highest BCUT2D eigenvalue weighted by Crippen LogP contribution is 2.30. The molecule has 1 heterocycles. The molecule has 0 fully saturated rings. The largest absolute Gasteiger partial charge is 0.497 e. The molecule has 5 nitrogen and oxygen atoms in total. The smallest absolute Gasteiger partial charge is 0.335 e. The number of carbonyl (C=O) groups is 1. The summed E-state index contributed by atoms with van der Waals surface area (Å²) >= 11 is 0. The van der Waals surface area contributed by atoms with Gasteiger partial charge in [-0.25, -0.2) is 4.79 Å². The Kier molecular flexibility index (Phi) is 3.02. The third-order valence-corrected chi connectivity index (χ3v) is 3.43. The Labute approximate surface area is 121 Å². The van der Waals surface area contributed by atoms with Crippen LogP contribution in [0.2, 0.25) is 0 Å². The zero-order valence-electron chi connectivity index (χ0n) is 11.4. The Hall–Kier alpha value is -2.95. The van der Waals surface area contributed by atoms with Crippen LogP contribution in [0.4, 0.5) is 5.69 Å². The van der Waals surface area contributed by atoms with Gasteiger partial charge in [0.05, 0.1) is 23.9 Å². The van der Waals surface area contributed by atoms with Crippen LogP contribution in [0.25, 0.3) is 16.6 Å². The molecule has 1 aromatic heterocycles. The van der Waals surface area contributed by atoms with Gasteiger partial charge >= 0.3 is 5.97 Å². The van der Waals surface area contributed by atoms with Crippen molar-refractivity contribution in [1.29, 1.82) is 0 Å². The fourth-order valence-corrected chi connectivity index (χ4v) is 2.34. The minimum absolute atomic E-state index is 0.254. The molecule has 3 aromatic rings. The van der Waals surface area contributed by atoms with Crippen molar-refractivity contribution in [1.82, 2.24) is 4.57 Å². The van der Waals surface area contributed by atoms with Crippen LogP contribution >= 0.6 is 0 Å². The summed E-state index contributed by atoms with van der Waals surface area (Å²) in [5, 5.41) is 9.84. The zero-order valence-corrected chi connectivity index (χ0v) is 11.4. The first-order valence-electron chi connectivity index (χ1n) is 6.38. The molecule has 0 amide bonds. The molecule has 0 aliphatic heterocycles. The van der Waals surface area contributed by atoms with Crippen molar-refractivity contribution in [3.63, 3.8) is 0 Å². The minimum Gasteiger partial charge on any atom is -0.497 e. The molecular weight excluding hydrogens is 268 g/mol. The second-order valence-electron chi connectivity index (χ2n) is 4.69. The summed E-state index contributed by atoms with van der Waals surface area (Å²) in [5.74, 6) is -0.198. The molecule has 0 aliphatic rings. The van der Waals surface area contributed by atoms with E-state index < -0.39 is 5.97 Å². The van der Waals surface area contributed by atoms with Crippen molar-refractivity contribution in [2.24, 2.45) is 0 Å². The number of anilines is 1. The van der Waals surface area contributed by atoms with E-state index in [1.165, 1.54) is 0 Å². The molecule has 0 saturated carbocycles. The molecule has 0 saturated heterocycles. The molecule has 0 unspecified atom stereocenters. The van der Waals surface area contributed by atoms with Crippen molar-refractivity contribution >= 4 is 22.6 Å². The van der Waals surface area contributed by atoms with Crippen molar-refractivity contribution in [2.45, 2.75) is 0 Å². The standard InChI is InChI=1S/C16H14N2O3/c1-21-12-6-7-15-13(8-12)14(17)9-18(15)11-4-2-10(3-5-11)16(19)20/h2-9H,17H2,1H3,(H,19,20). The van der Waals surface area contributed by atoms with E-state index in [2.05, 4.69) is 0 Å². The summed E-state index contributed by atoms with van der Waals surface area (Å²) in [6.45, 7) is 0. The number of benzene rings is 2. The summed E-state index contributed by atoms with van der Waals surface area (Å²) in [7, 11) is 1.61. The SMILES string of the molecule is COc1ccc2c(c1)c(N)cn2-c1ccc(C(=O)O)cc1. The normalized spacial score (nSPS) is 10.7. The first-order valence-corrected chi connectivity index (χ1v) is 6.38. The van der Waals surface area contributed by atoms with E-state index in [1.807, 2.05) is 29.0 Å². The highest BCUT2D eigenvalue weighted by Gasteiger charge is 2.09. The molecule has 0 spiro atoms. The van der Waals surface area contributed by atoms with Gasteiger partial charge in [-0.05, 0) is 42.5 Å². The van der Waals surface area contributed by atoms with Crippen LogP contribution in [-0.2, 0) is 0 Å². The number of nitrogens with two attached hydrogens (primary N) is 1. The predicted octanol–water partition coefficient (Wildman–Crippen LogP) is 2.92. The van der Waals surface area contributed by atoms with Gasteiger partial charge in [0.1, 0.15) is 5.75 Å². The highest BCUT2D eigenvalue weighted by atomic mass is 16.5. The van der Waals surface area contributed by atoms with E-state index in [0.717, 1.165) is 22.3 Å². The van der Waals surface area contributed by atoms with Crippen LogP contribution < -0.4 is 10.5 Å². The minimum atomic E-state index is -0.942. The molecule has 21 heavy (non-hydrogen) atoms. The molecule has 0 atom stereocenters. The number of aromatic nitrogens is 1. The van der Waals surface area contributed by atoms with Gasteiger partial charge in [0.2, 0.25) is 0 Å². The molecule has 3 N–H and O–H groups in total. The number of rotatable bonds is 3. The number of nitrogen functional groups attached to an aromatic ring is 1. The van der Waals surface area contributed by atoms with E-state index in [1.54, 1.807) is 31.4 Å². The maximum Gasteiger partial charge on any atom is 0.335 e. The van der Waals surface area contributed by atoms with E-state index in [9.17, 15) is 4.79 Å². The second kappa shape index (κ2) is 4.86. The number of carboxylic acids is 1. The molecular formula is C16H14N2O3.